The van der Waals surface area contributed by atoms with Crippen LogP contribution in [-0.2, 0) is 27.3 Å². The SMILES string of the molecule is CC(C)(C)OC(=O)CCC1CCCCc2sc(Cl)nc2[C@H](N[S@+]([O-])C(C)(C)C)CC1. The number of ether oxygens (including phenoxy) is 1. The van der Waals surface area contributed by atoms with Gasteiger partial charge >= 0.3 is 5.97 Å². The minimum absolute atomic E-state index is 0.0917. The Balaban J connectivity index is 2.09. The summed E-state index contributed by atoms with van der Waals surface area (Å²) in [6.45, 7) is 11.6. The van der Waals surface area contributed by atoms with Gasteiger partial charge in [0.1, 0.15) is 10.3 Å². The summed E-state index contributed by atoms with van der Waals surface area (Å²) < 4.78 is 21.8. The smallest absolute Gasteiger partial charge is 0.306 e. The zero-order valence-corrected chi connectivity index (χ0v) is 21.6. The van der Waals surface area contributed by atoms with Gasteiger partial charge in [-0.25, -0.2) is 4.98 Å². The topological polar surface area (TPSA) is 74.3 Å². The highest BCUT2D eigenvalue weighted by Gasteiger charge is 2.33. The van der Waals surface area contributed by atoms with Gasteiger partial charge in [0.05, 0.1) is 11.7 Å². The lowest BCUT2D eigenvalue weighted by Gasteiger charge is -2.29. The Kier molecular flexibility index (Phi) is 9.50. The quantitative estimate of drug-likeness (QED) is 0.408. The van der Waals surface area contributed by atoms with Gasteiger partial charge in [-0.05, 0) is 79.6 Å². The Hall–Kier alpha value is -0.340. The fourth-order valence-corrected chi connectivity index (χ4v) is 5.71. The summed E-state index contributed by atoms with van der Waals surface area (Å²) in [5, 5.41) is 0. The molecule has 0 aliphatic heterocycles. The third kappa shape index (κ3) is 8.65. The Morgan fingerprint density at radius 3 is 2.57 bits per heavy atom. The number of aromatic nitrogens is 1. The fraction of sp³-hybridized carbons (Fsp3) is 0.818. The minimum atomic E-state index is -1.19. The van der Waals surface area contributed by atoms with E-state index in [4.69, 9.17) is 16.3 Å². The maximum atomic E-state index is 12.8. The van der Waals surface area contributed by atoms with Gasteiger partial charge in [-0.3, -0.25) is 4.79 Å². The van der Waals surface area contributed by atoms with E-state index in [9.17, 15) is 9.35 Å². The normalized spacial score (nSPS) is 22.3. The van der Waals surface area contributed by atoms with Crippen molar-refractivity contribution in [1.29, 1.82) is 0 Å². The molecule has 0 amide bonds. The van der Waals surface area contributed by atoms with Crippen molar-refractivity contribution < 1.29 is 14.1 Å². The molecule has 8 heteroatoms. The summed E-state index contributed by atoms with van der Waals surface area (Å²) >= 11 is 6.60. The van der Waals surface area contributed by atoms with Crippen LogP contribution < -0.4 is 4.72 Å². The van der Waals surface area contributed by atoms with Crippen LogP contribution in [0.25, 0.3) is 0 Å². The average molecular weight is 477 g/mol. The first-order valence-corrected chi connectivity index (χ1v) is 13.2. The molecule has 0 fully saturated rings. The number of nitrogens with zero attached hydrogens (tertiary/aromatic N) is 1. The van der Waals surface area contributed by atoms with Crippen LogP contribution >= 0.6 is 22.9 Å². The molecule has 30 heavy (non-hydrogen) atoms. The predicted octanol–water partition coefficient (Wildman–Crippen LogP) is 6.13. The van der Waals surface area contributed by atoms with Crippen molar-refractivity contribution in [3.05, 3.63) is 15.0 Å². The van der Waals surface area contributed by atoms with Gasteiger partial charge in [0.25, 0.3) is 0 Å². The van der Waals surface area contributed by atoms with E-state index in [-0.39, 0.29) is 16.8 Å². The van der Waals surface area contributed by atoms with Crippen LogP contribution in [0.4, 0.5) is 0 Å². The number of thiazole rings is 1. The highest BCUT2D eigenvalue weighted by Crippen LogP contribution is 2.35. The van der Waals surface area contributed by atoms with Crippen molar-refractivity contribution in [2.75, 3.05) is 0 Å². The molecular weight excluding hydrogens is 440 g/mol. The van der Waals surface area contributed by atoms with Gasteiger partial charge in [0.15, 0.2) is 4.47 Å². The molecule has 1 aliphatic carbocycles. The Bertz CT molecular complexity index is 698. The molecular formula is C22H37ClN2O3S2. The number of esters is 1. The Labute approximate surface area is 194 Å². The van der Waals surface area contributed by atoms with Crippen LogP contribution in [0, 0.1) is 5.92 Å². The number of halogens is 1. The van der Waals surface area contributed by atoms with Gasteiger partial charge in [-0.15, -0.1) is 16.1 Å². The lowest BCUT2D eigenvalue weighted by Crippen LogP contribution is -2.41. The van der Waals surface area contributed by atoms with Gasteiger partial charge in [0, 0.05) is 22.7 Å². The van der Waals surface area contributed by atoms with Crippen LogP contribution in [0.2, 0.25) is 4.47 Å². The average Bonchev–Trinajstić information content (AvgIpc) is 2.96. The highest BCUT2D eigenvalue weighted by atomic mass is 35.5. The van der Waals surface area contributed by atoms with Crippen molar-refractivity contribution in [3.8, 4) is 0 Å². The second-order valence-electron chi connectivity index (χ2n) is 10.1. The zero-order chi connectivity index (χ0) is 22.5. The predicted molar refractivity (Wildman–Crippen MR) is 126 cm³/mol. The first-order valence-electron chi connectivity index (χ1n) is 10.9. The molecule has 1 N–H and O–H groups in total. The van der Waals surface area contributed by atoms with Crippen molar-refractivity contribution in [2.45, 2.75) is 109 Å². The van der Waals surface area contributed by atoms with E-state index in [1.807, 2.05) is 41.5 Å². The van der Waals surface area contributed by atoms with E-state index >= 15 is 0 Å². The number of carbonyl (C=O) groups excluding carboxylic acids is 1. The van der Waals surface area contributed by atoms with E-state index in [0.29, 0.717) is 16.8 Å². The monoisotopic (exact) mass is 476 g/mol. The van der Waals surface area contributed by atoms with Crippen molar-refractivity contribution >= 4 is 40.3 Å². The molecule has 0 saturated carbocycles. The maximum Gasteiger partial charge on any atom is 0.306 e. The molecule has 1 heterocycles. The molecule has 5 nitrogen and oxygen atoms in total. The molecule has 1 aromatic heterocycles. The molecule has 3 atom stereocenters. The maximum absolute atomic E-state index is 12.8. The lowest BCUT2D eigenvalue weighted by atomic mass is 9.88. The van der Waals surface area contributed by atoms with Crippen LogP contribution in [-0.4, -0.2) is 25.9 Å². The number of hydrogen-bond acceptors (Lipinski definition) is 6. The summed E-state index contributed by atoms with van der Waals surface area (Å²) in [4.78, 5) is 18.0. The molecule has 1 unspecified atom stereocenters. The number of aryl methyl sites for hydroxylation is 1. The van der Waals surface area contributed by atoms with Crippen molar-refractivity contribution in [2.24, 2.45) is 5.92 Å². The first-order chi connectivity index (χ1) is 13.8. The number of nitrogens with one attached hydrogen (secondary N) is 1. The summed E-state index contributed by atoms with van der Waals surface area (Å²) in [5.74, 6) is 0.317. The molecule has 0 aromatic carbocycles. The molecule has 0 radical (unpaired) electrons. The van der Waals surface area contributed by atoms with Gasteiger partial charge < -0.3 is 9.29 Å². The molecule has 0 saturated heterocycles. The largest absolute Gasteiger partial charge is 0.598 e. The van der Waals surface area contributed by atoms with E-state index in [1.54, 1.807) is 11.3 Å². The van der Waals surface area contributed by atoms with Gasteiger partial charge in [0.2, 0.25) is 0 Å². The summed E-state index contributed by atoms with van der Waals surface area (Å²) in [6.07, 6.45) is 7.29. The molecule has 2 rings (SSSR count). The summed E-state index contributed by atoms with van der Waals surface area (Å²) in [6, 6.07) is -0.0917. The standard InChI is InChI=1S/C22H37ClN2O3S2/c1-21(2,3)28-18(26)14-12-15-9-7-8-10-17-19(24-20(23)29-17)16(13-11-15)25-30(27)22(4,5)6/h15-16,25H,7-14H2,1-6H3/t15?,16-,30-/m1/s1. The van der Waals surface area contributed by atoms with Crippen molar-refractivity contribution in [1.82, 2.24) is 9.71 Å². The van der Waals surface area contributed by atoms with E-state index < -0.39 is 17.0 Å². The summed E-state index contributed by atoms with van der Waals surface area (Å²) in [5.41, 5.74) is 0.509. The number of fused-ring (bicyclic) bond motifs is 1. The Morgan fingerprint density at radius 2 is 1.93 bits per heavy atom. The molecule has 1 aliphatic rings. The lowest BCUT2D eigenvalue weighted by molar-refractivity contribution is -0.155. The number of hydrogen-bond donors (Lipinski definition) is 1. The second kappa shape index (κ2) is 11.0. The zero-order valence-electron chi connectivity index (χ0n) is 19.2. The second-order valence-corrected chi connectivity index (χ2v) is 13.8. The molecule has 0 spiro atoms. The number of carbonyl (C=O) groups is 1. The molecule has 1 aromatic rings. The minimum Gasteiger partial charge on any atom is -0.598 e. The first kappa shape index (κ1) is 25.9. The van der Waals surface area contributed by atoms with Gasteiger partial charge in [-0.2, -0.15) is 0 Å². The van der Waals surface area contributed by atoms with Gasteiger partial charge in [-0.1, -0.05) is 24.4 Å². The van der Waals surface area contributed by atoms with E-state index in [1.165, 1.54) is 4.88 Å². The van der Waals surface area contributed by atoms with Crippen LogP contribution in [0.15, 0.2) is 0 Å². The van der Waals surface area contributed by atoms with Crippen LogP contribution in [0.5, 0.6) is 0 Å². The molecule has 172 valence electrons. The summed E-state index contributed by atoms with van der Waals surface area (Å²) in [7, 11) is 0. The molecule has 0 bridgehead atoms. The highest BCUT2D eigenvalue weighted by molar-refractivity contribution is 7.90. The van der Waals surface area contributed by atoms with Crippen LogP contribution in [0.3, 0.4) is 0 Å². The third-order valence-corrected chi connectivity index (χ3v) is 7.99. The van der Waals surface area contributed by atoms with Crippen molar-refractivity contribution in [3.63, 3.8) is 0 Å². The van der Waals surface area contributed by atoms with E-state index in [2.05, 4.69) is 9.71 Å². The third-order valence-electron chi connectivity index (χ3n) is 5.14. The van der Waals surface area contributed by atoms with Crippen LogP contribution in [0.1, 0.15) is 103 Å². The fourth-order valence-electron chi connectivity index (χ4n) is 3.61. The Morgan fingerprint density at radius 1 is 1.23 bits per heavy atom. The van der Waals surface area contributed by atoms with E-state index in [0.717, 1.165) is 50.6 Å². The number of rotatable bonds is 5.